The summed E-state index contributed by atoms with van der Waals surface area (Å²) in [7, 11) is 0. The van der Waals surface area contributed by atoms with Crippen LogP contribution in [0.4, 0.5) is 0 Å². The fourth-order valence-corrected chi connectivity index (χ4v) is 1.51. The summed E-state index contributed by atoms with van der Waals surface area (Å²) in [6, 6.07) is 0. The largest absolute Gasteiger partial charge is 0.376 e. The highest BCUT2D eigenvalue weighted by Gasteiger charge is 2.37. The summed E-state index contributed by atoms with van der Waals surface area (Å²) in [6.07, 6.45) is 1.36. The van der Waals surface area contributed by atoms with Crippen LogP contribution < -0.4 is 11.1 Å². The van der Waals surface area contributed by atoms with Crippen LogP contribution in [0, 0.1) is 0 Å². The number of hydrogen-bond donors (Lipinski definition) is 2. The molecule has 0 saturated carbocycles. The summed E-state index contributed by atoms with van der Waals surface area (Å²) in [5.41, 5.74) is 5.09. The lowest BCUT2D eigenvalue weighted by atomic mass is 9.94. The Labute approximate surface area is 78.8 Å². The third-order valence-corrected chi connectivity index (χ3v) is 2.68. The Kier molecular flexibility index (Phi) is 3.27. The maximum atomic E-state index is 11.3. The highest BCUT2D eigenvalue weighted by Crippen LogP contribution is 2.24. The van der Waals surface area contributed by atoms with E-state index in [1.165, 1.54) is 0 Å². The molecule has 0 bridgehead atoms. The fourth-order valence-electron chi connectivity index (χ4n) is 1.51. The van der Waals surface area contributed by atoms with Gasteiger partial charge in [0.05, 0.1) is 11.6 Å². The van der Waals surface area contributed by atoms with Gasteiger partial charge in [-0.3, -0.25) is 4.79 Å². The molecule has 0 aromatic rings. The van der Waals surface area contributed by atoms with Gasteiger partial charge in [0.15, 0.2) is 0 Å². The Hall–Kier alpha value is -0.610. The van der Waals surface area contributed by atoms with Crippen molar-refractivity contribution >= 4 is 5.91 Å². The van der Waals surface area contributed by atoms with E-state index in [-0.39, 0.29) is 17.6 Å². The third-order valence-electron chi connectivity index (χ3n) is 2.68. The van der Waals surface area contributed by atoms with Crippen LogP contribution >= 0.6 is 0 Å². The number of carbonyl (C=O) groups is 1. The first-order chi connectivity index (χ1) is 6.08. The van der Waals surface area contributed by atoms with Gasteiger partial charge < -0.3 is 15.8 Å². The first kappa shape index (κ1) is 10.5. The van der Waals surface area contributed by atoms with E-state index < -0.39 is 0 Å². The maximum absolute atomic E-state index is 11.3. The van der Waals surface area contributed by atoms with Crippen molar-refractivity contribution in [3.05, 3.63) is 0 Å². The number of ether oxygens (including phenoxy) is 1. The molecule has 1 saturated heterocycles. The van der Waals surface area contributed by atoms with Gasteiger partial charge in [0.25, 0.3) is 0 Å². The van der Waals surface area contributed by atoms with E-state index in [0.29, 0.717) is 13.0 Å². The summed E-state index contributed by atoms with van der Waals surface area (Å²) < 4.78 is 5.40. The Balaban J connectivity index is 2.46. The van der Waals surface area contributed by atoms with E-state index in [2.05, 4.69) is 5.32 Å². The van der Waals surface area contributed by atoms with E-state index in [9.17, 15) is 4.79 Å². The molecule has 1 rings (SSSR count). The molecule has 0 aromatic heterocycles. The lowest BCUT2D eigenvalue weighted by molar-refractivity contribution is -0.123. The second kappa shape index (κ2) is 4.07. The molecular weight excluding hydrogens is 168 g/mol. The van der Waals surface area contributed by atoms with Crippen molar-refractivity contribution < 1.29 is 9.53 Å². The van der Waals surface area contributed by atoms with E-state index in [4.69, 9.17) is 10.5 Å². The van der Waals surface area contributed by atoms with Gasteiger partial charge in [-0.1, -0.05) is 0 Å². The Morgan fingerprint density at radius 2 is 2.46 bits per heavy atom. The van der Waals surface area contributed by atoms with Crippen molar-refractivity contribution in [1.29, 1.82) is 0 Å². The summed E-state index contributed by atoms with van der Waals surface area (Å²) in [6.45, 7) is 5.12. The molecule has 76 valence electrons. The van der Waals surface area contributed by atoms with Gasteiger partial charge in [0.2, 0.25) is 5.91 Å². The summed E-state index contributed by atoms with van der Waals surface area (Å²) in [5.74, 6) is 0.0161. The van der Waals surface area contributed by atoms with Crippen molar-refractivity contribution in [2.45, 2.75) is 38.3 Å². The standard InChI is InChI=1S/C9H18N2O2/c1-7-9(2,4-6-13-7)11-8(12)3-5-10/h7H,3-6,10H2,1-2H3,(H,11,12). The van der Waals surface area contributed by atoms with Crippen LogP contribution in [-0.4, -0.2) is 30.7 Å². The minimum Gasteiger partial charge on any atom is -0.376 e. The average molecular weight is 186 g/mol. The summed E-state index contributed by atoms with van der Waals surface area (Å²) >= 11 is 0. The van der Waals surface area contributed by atoms with Crippen molar-refractivity contribution in [2.24, 2.45) is 5.73 Å². The second-order valence-corrected chi connectivity index (χ2v) is 3.77. The molecule has 0 radical (unpaired) electrons. The molecular formula is C9H18N2O2. The molecule has 0 aliphatic carbocycles. The lowest BCUT2D eigenvalue weighted by Crippen LogP contribution is -2.50. The number of rotatable bonds is 3. The van der Waals surface area contributed by atoms with Gasteiger partial charge in [0, 0.05) is 19.6 Å². The van der Waals surface area contributed by atoms with Crippen LogP contribution in [0.15, 0.2) is 0 Å². The number of nitrogens with two attached hydrogens (primary N) is 1. The molecule has 1 aliphatic heterocycles. The van der Waals surface area contributed by atoms with E-state index >= 15 is 0 Å². The van der Waals surface area contributed by atoms with Crippen molar-refractivity contribution in [1.82, 2.24) is 5.32 Å². The lowest BCUT2D eigenvalue weighted by Gasteiger charge is -2.28. The van der Waals surface area contributed by atoms with Gasteiger partial charge in [-0.25, -0.2) is 0 Å². The maximum Gasteiger partial charge on any atom is 0.221 e. The van der Waals surface area contributed by atoms with E-state index in [1.54, 1.807) is 0 Å². The smallest absolute Gasteiger partial charge is 0.221 e. The van der Waals surface area contributed by atoms with Crippen molar-refractivity contribution in [2.75, 3.05) is 13.2 Å². The highest BCUT2D eigenvalue weighted by molar-refractivity contribution is 5.77. The van der Waals surface area contributed by atoms with Crippen LogP contribution in [0.5, 0.6) is 0 Å². The molecule has 4 nitrogen and oxygen atoms in total. The van der Waals surface area contributed by atoms with Gasteiger partial charge >= 0.3 is 0 Å². The van der Waals surface area contributed by atoms with Gasteiger partial charge in [-0.2, -0.15) is 0 Å². The monoisotopic (exact) mass is 186 g/mol. The number of nitrogens with one attached hydrogen (secondary N) is 1. The molecule has 4 heteroatoms. The average Bonchev–Trinajstić information content (AvgIpc) is 2.32. The van der Waals surface area contributed by atoms with Gasteiger partial charge in [-0.15, -0.1) is 0 Å². The minimum atomic E-state index is -0.202. The zero-order valence-electron chi connectivity index (χ0n) is 8.30. The number of amides is 1. The van der Waals surface area contributed by atoms with E-state index in [0.717, 1.165) is 13.0 Å². The van der Waals surface area contributed by atoms with Crippen LogP contribution in [0.2, 0.25) is 0 Å². The predicted molar refractivity (Wildman–Crippen MR) is 50.3 cm³/mol. The van der Waals surface area contributed by atoms with Crippen LogP contribution in [0.25, 0.3) is 0 Å². The van der Waals surface area contributed by atoms with Crippen LogP contribution in [0.1, 0.15) is 26.7 Å². The Bertz CT molecular complexity index is 196. The number of carbonyl (C=O) groups excluding carboxylic acids is 1. The SMILES string of the molecule is CC1OCCC1(C)NC(=O)CCN. The van der Waals surface area contributed by atoms with Crippen LogP contribution in [0.3, 0.4) is 0 Å². The summed E-state index contributed by atoms with van der Waals surface area (Å²) in [5, 5.41) is 2.96. The normalized spacial score (nSPS) is 33.3. The quantitative estimate of drug-likeness (QED) is 0.653. The first-order valence-electron chi connectivity index (χ1n) is 4.71. The van der Waals surface area contributed by atoms with Crippen molar-refractivity contribution in [3.8, 4) is 0 Å². The molecule has 0 aromatic carbocycles. The molecule has 13 heavy (non-hydrogen) atoms. The van der Waals surface area contributed by atoms with Crippen LogP contribution in [-0.2, 0) is 9.53 Å². The Morgan fingerprint density at radius 3 is 2.92 bits per heavy atom. The second-order valence-electron chi connectivity index (χ2n) is 3.77. The van der Waals surface area contributed by atoms with Crippen molar-refractivity contribution in [3.63, 3.8) is 0 Å². The molecule has 1 fully saturated rings. The zero-order chi connectivity index (χ0) is 9.90. The molecule has 2 unspecified atom stereocenters. The minimum absolute atomic E-state index is 0.0161. The third kappa shape index (κ3) is 2.42. The first-order valence-corrected chi connectivity index (χ1v) is 4.71. The summed E-state index contributed by atoms with van der Waals surface area (Å²) in [4.78, 5) is 11.3. The number of hydrogen-bond acceptors (Lipinski definition) is 3. The highest BCUT2D eigenvalue weighted by atomic mass is 16.5. The fraction of sp³-hybridized carbons (Fsp3) is 0.889. The van der Waals surface area contributed by atoms with E-state index in [1.807, 2.05) is 13.8 Å². The van der Waals surface area contributed by atoms with Gasteiger partial charge in [-0.05, 0) is 20.3 Å². The molecule has 1 heterocycles. The molecule has 1 amide bonds. The molecule has 1 aliphatic rings. The molecule has 0 spiro atoms. The molecule has 3 N–H and O–H groups in total. The van der Waals surface area contributed by atoms with Gasteiger partial charge in [0.1, 0.15) is 0 Å². The zero-order valence-corrected chi connectivity index (χ0v) is 8.30. The predicted octanol–water partition coefficient (Wildman–Crippen LogP) is 0.0189. The molecule has 2 atom stereocenters. The topological polar surface area (TPSA) is 64.3 Å². The Morgan fingerprint density at radius 1 is 1.77 bits per heavy atom.